The van der Waals surface area contributed by atoms with Crippen molar-refractivity contribution in [1.29, 1.82) is 0 Å². The fourth-order valence-electron chi connectivity index (χ4n) is 2.69. The minimum Gasteiger partial charge on any atom is -0.384 e. The molecular formula is C15H24N2O2S. The molecule has 0 aromatic heterocycles. The van der Waals surface area contributed by atoms with E-state index in [4.69, 9.17) is 0 Å². The van der Waals surface area contributed by atoms with Crippen LogP contribution in [-0.2, 0) is 10.0 Å². The van der Waals surface area contributed by atoms with Gasteiger partial charge in [0.05, 0.1) is 5.69 Å². The Morgan fingerprint density at radius 1 is 1.25 bits per heavy atom. The maximum atomic E-state index is 12.6. The molecule has 1 fully saturated rings. The fourth-order valence-corrected chi connectivity index (χ4v) is 4.25. The molecule has 1 saturated carbocycles. The minimum absolute atomic E-state index is 0.0687. The minimum atomic E-state index is -3.45. The van der Waals surface area contributed by atoms with Crippen LogP contribution in [0, 0.1) is 5.92 Å². The first kappa shape index (κ1) is 15.3. The van der Waals surface area contributed by atoms with Gasteiger partial charge in [-0.15, -0.1) is 0 Å². The molecule has 0 bridgehead atoms. The molecule has 1 aliphatic rings. The van der Waals surface area contributed by atoms with Crippen LogP contribution in [0.3, 0.4) is 0 Å². The first-order chi connectivity index (χ1) is 9.54. The zero-order valence-electron chi connectivity index (χ0n) is 12.2. The summed E-state index contributed by atoms with van der Waals surface area (Å²) in [5.41, 5.74) is 0.688. The highest BCUT2D eigenvalue weighted by Crippen LogP contribution is 2.28. The number of para-hydroxylation sites is 1. The molecule has 0 saturated heterocycles. The molecule has 0 aliphatic heterocycles. The first-order valence-electron chi connectivity index (χ1n) is 7.40. The molecule has 112 valence electrons. The summed E-state index contributed by atoms with van der Waals surface area (Å²) in [6.45, 7) is 4.94. The summed E-state index contributed by atoms with van der Waals surface area (Å²) in [5.74, 6) is 0.417. The van der Waals surface area contributed by atoms with E-state index in [0.29, 0.717) is 16.5 Å². The lowest BCUT2D eigenvalue weighted by Gasteiger charge is -2.19. The molecule has 0 heterocycles. The van der Waals surface area contributed by atoms with E-state index in [1.807, 2.05) is 12.1 Å². The van der Waals surface area contributed by atoms with Crippen LogP contribution in [0.1, 0.15) is 39.5 Å². The van der Waals surface area contributed by atoms with Crippen molar-refractivity contribution in [2.45, 2.75) is 50.5 Å². The second-order valence-corrected chi connectivity index (χ2v) is 7.24. The van der Waals surface area contributed by atoms with Gasteiger partial charge >= 0.3 is 0 Å². The SMILES string of the molecule is CCCNc1ccccc1S(=O)(=O)NC1CCCC1C. The second kappa shape index (κ2) is 6.59. The summed E-state index contributed by atoms with van der Waals surface area (Å²) in [7, 11) is -3.45. The third kappa shape index (κ3) is 3.52. The topological polar surface area (TPSA) is 58.2 Å². The third-order valence-corrected chi connectivity index (χ3v) is 5.46. The maximum Gasteiger partial charge on any atom is 0.242 e. The number of sulfonamides is 1. The molecule has 2 atom stereocenters. The molecule has 2 rings (SSSR count). The molecule has 1 aliphatic carbocycles. The quantitative estimate of drug-likeness (QED) is 0.848. The molecule has 20 heavy (non-hydrogen) atoms. The van der Waals surface area contributed by atoms with Gasteiger partial charge in [0.1, 0.15) is 4.90 Å². The van der Waals surface area contributed by atoms with Crippen LogP contribution in [0.2, 0.25) is 0 Å². The van der Waals surface area contributed by atoms with Gasteiger partial charge in [0.15, 0.2) is 0 Å². The molecular weight excluding hydrogens is 272 g/mol. The van der Waals surface area contributed by atoms with Gasteiger partial charge in [-0.05, 0) is 37.3 Å². The Labute approximate surface area is 122 Å². The van der Waals surface area contributed by atoms with Gasteiger partial charge in [-0.25, -0.2) is 13.1 Å². The largest absolute Gasteiger partial charge is 0.384 e. The summed E-state index contributed by atoms with van der Waals surface area (Å²) in [5, 5.41) is 3.19. The summed E-state index contributed by atoms with van der Waals surface area (Å²) in [6.07, 6.45) is 4.10. The molecule has 0 radical (unpaired) electrons. The van der Waals surface area contributed by atoms with E-state index < -0.39 is 10.0 Å². The van der Waals surface area contributed by atoms with Gasteiger partial charge in [0.25, 0.3) is 0 Å². The van der Waals surface area contributed by atoms with Crippen LogP contribution in [0.4, 0.5) is 5.69 Å². The van der Waals surface area contributed by atoms with Crippen molar-refractivity contribution in [3.05, 3.63) is 24.3 Å². The van der Waals surface area contributed by atoms with Gasteiger partial charge in [0.2, 0.25) is 10.0 Å². The zero-order valence-corrected chi connectivity index (χ0v) is 13.0. The van der Waals surface area contributed by atoms with E-state index in [1.54, 1.807) is 12.1 Å². The lowest BCUT2D eigenvalue weighted by atomic mass is 10.1. The smallest absolute Gasteiger partial charge is 0.242 e. The summed E-state index contributed by atoms with van der Waals surface area (Å²) in [4.78, 5) is 0.354. The Balaban J connectivity index is 2.20. The molecule has 2 N–H and O–H groups in total. The van der Waals surface area contributed by atoms with E-state index in [2.05, 4.69) is 23.9 Å². The second-order valence-electron chi connectivity index (χ2n) is 5.56. The summed E-state index contributed by atoms with van der Waals surface area (Å²) < 4.78 is 28.0. The Morgan fingerprint density at radius 3 is 2.65 bits per heavy atom. The van der Waals surface area contributed by atoms with Crippen molar-refractivity contribution in [3.8, 4) is 0 Å². The van der Waals surface area contributed by atoms with Crippen LogP contribution >= 0.6 is 0 Å². The zero-order chi connectivity index (χ0) is 14.6. The number of anilines is 1. The van der Waals surface area contributed by atoms with E-state index in [1.165, 1.54) is 0 Å². The monoisotopic (exact) mass is 296 g/mol. The van der Waals surface area contributed by atoms with Gasteiger partial charge in [-0.3, -0.25) is 0 Å². The lowest BCUT2D eigenvalue weighted by molar-refractivity contribution is 0.476. The Hall–Kier alpha value is -1.07. The number of rotatable bonds is 6. The maximum absolute atomic E-state index is 12.6. The van der Waals surface area contributed by atoms with Crippen LogP contribution < -0.4 is 10.0 Å². The Morgan fingerprint density at radius 2 is 2.00 bits per heavy atom. The molecule has 0 amide bonds. The predicted molar refractivity (Wildman–Crippen MR) is 82.3 cm³/mol. The van der Waals surface area contributed by atoms with Crippen molar-refractivity contribution >= 4 is 15.7 Å². The molecule has 4 nitrogen and oxygen atoms in total. The fraction of sp³-hybridized carbons (Fsp3) is 0.600. The van der Waals surface area contributed by atoms with Crippen LogP contribution in [0.5, 0.6) is 0 Å². The van der Waals surface area contributed by atoms with Crippen molar-refractivity contribution < 1.29 is 8.42 Å². The van der Waals surface area contributed by atoms with Crippen molar-refractivity contribution in [1.82, 2.24) is 4.72 Å². The number of hydrogen-bond acceptors (Lipinski definition) is 3. The highest BCUT2D eigenvalue weighted by atomic mass is 32.2. The van der Waals surface area contributed by atoms with Crippen molar-refractivity contribution in [2.75, 3.05) is 11.9 Å². The number of nitrogens with one attached hydrogen (secondary N) is 2. The van der Waals surface area contributed by atoms with Gasteiger partial charge in [-0.1, -0.05) is 32.4 Å². The standard InChI is InChI=1S/C15H24N2O2S/c1-3-11-16-14-8-4-5-10-15(14)20(18,19)17-13-9-6-7-12(13)2/h4-5,8,10,12-13,16-17H,3,6-7,9,11H2,1-2H3. The normalized spacial score (nSPS) is 22.9. The average molecular weight is 296 g/mol. The molecule has 2 unspecified atom stereocenters. The molecule has 1 aromatic carbocycles. The summed E-state index contributed by atoms with van der Waals surface area (Å²) in [6, 6.07) is 7.18. The van der Waals surface area contributed by atoms with Crippen LogP contribution in [0.25, 0.3) is 0 Å². The third-order valence-electron chi connectivity index (χ3n) is 3.91. The number of benzene rings is 1. The predicted octanol–water partition coefficient (Wildman–Crippen LogP) is 2.98. The molecule has 1 aromatic rings. The van der Waals surface area contributed by atoms with Crippen molar-refractivity contribution in [2.24, 2.45) is 5.92 Å². The van der Waals surface area contributed by atoms with E-state index >= 15 is 0 Å². The van der Waals surface area contributed by atoms with Crippen LogP contribution in [-0.4, -0.2) is 21.0 Å². The van der Waals surface area contributed by atoms with Gasteiger partial charge in [-0.2, -0.15) is 0 Å². The van der Waals surface area contributed by atoms with Crippen molar-refractivity contribution in [3.63, 3.8) is 0 Å². The highest BCUT2D eigenvalue weighted by molar-refractivity contribution is 7.89. The Bertz CT molecular complexity index is 543. The molecule has 0 spiro atoms. The van der Waals surface area contributed by atoms with Crippen LogP contribution in [0.15, 0.2) is 29.2 Å². The van der Waals surface area contributed by atoms with Gasteiger partial charge in [0, 0.05) is 12.6 Å². The van der Waals surface area contributed by atoms with E-state index in [-0.39, 0.29) is 6.04 Å². The highest BCUT2D eigenvalue weighted by Gasteiger charge is 2.29. The van der Waals surface area contributed by atoms with Gasteiger partial charge < -0.3 is 5.32 Å². The average Bonchev–Trinajstić information content (AvgIpc) is 2.81. The first-order valence-corrected chi connectivity index (χ1v) is 8.88. The number of hydrogen-bond donors (Lipinski definition) is 2. The van der Waals surface area contributed by atoms with E-state index in [0.717, 1.165) is 32.2 Å². The Kier molecular flexibility index (Phi) is 5.05. The summed E-state index contributed by atoms with van der Waals surface area (Å²) >= 11 is 0. The lowest BCUT2D eigenvalue weighted by Crippen LogP contribution is -2.36. The van der Waals surface area contributed by atoms with E-state index in [9.17, 15) is 8.42 Å². The molecule has 5 heteroatoms.